The second-order valence-electron chi connectivity index (χ2n) is 4.47. The molecule has 0 aromatic heterocycles. The van der Waals surface area contributed by atoms with Crippen molar-refractivity contribution in [3.63, 3.8) is 0 Å². The summed E-state index contributed by atoms with van der Waals surface area (Å²) >= 11 is 0. The summed E-state index contributed by atoms with van der Waals surface area (Å²) in [4.78, 5) is 0. The van der Waals surface area contributed by atoms with E-state index >= 15 is 0 Å². The Hall–Kier alpha value is -1.07. The van der Waals surface area contributed by atoms with Crippen molar-refractivity contribution in [2.45, 2.75) is 25.4 Å². The number of phenols is 1. The first-order chi connectivity index (χ1) is 8.05. The van der Waals surface area contributed by atoms with E-state index in [4.69, 9.17) is 5.11 Å². The minimum Gasteiger partial charge on any atom is -0.508 e. The Kier molecular flexibility index (Phi) is 3.69. The van der Waals surface area contributed by atoms with Crippen molar-refractivity contribution >= 4 is 9.84 Å². The number of hydrogen-bond acceptors (Lipinski definition) is 4. The second kappa shape index (κ2) is 5.06. The van der Waals surface area contributed by atoms with Crippen LogP contribution < -0.4 is 5.32 Å². The van der Waals surface area contributed by atoms with Gasteiger partial charge in [-0.15, -0.1) is 0 Å². The largest absolute Gasteiger partial charge is 0.508 e. The molecular weight excluding hydrogens is 238 g/mol. The van der Waals surface area contributed by atoms with Gasteiger partial charge in [-0.1, -0.05) is 12.1 Å². The van der Waals surface area contributed by atoms with Crippen molar-refractivity contribution in [2.75, 3.05) is 11.5 Å². The molecule has 1 saturated heterocycles. The lowest BCUT2D eigenvalue weighted by Crippen LogP contribution is -2.37. The molecule has 1 aliphatic heterocycles. The lowest BCUT2D eigenvalue weighted by molar-refractivity contribution is 0.461. The molecule has 0 spiro atoms. The molecule has 17 heavy (non-hydrogen) atoms. The molecule has 1 aromatic rings. The third-order valence-electron chi connectivity index (χ3n) is 3.09. The quantitative estimate of drug-likeness (QED) is 0.847. The van der Waals surface area contributed by atoms with Crippen LogP contribution in [0.15, 0.2) is 24.3 Å². The van der Waals surface area contributed by atoms with Crippen molar-refractivity contribution in [2.24, 2.45) is 0 Å². The molecule has 1 heterocycles. The molecule has 2 rings (SSSR count). The number of aromatic hydroxyl groups is 1. The van der Waals surface area contributed by atoms with Crippen LogP contribution in [-0.4, -0.2) is 31.1 Å². The van der Waals surface area contributed by atoms with E-state index in [1.807, 2.05) is 12.1 Å². The Labute approximate surface area is 102 Å². The third-order valence-corrected chi connectivity index (χ3v) is 4.80. The van der Waals surface area contributed by atoms with E-state index in [1.54, 1.807) is 12.1 Å². The molecule has 0 radical (unpaired) electrons. The SMILES string of the molecule is O=S1(=O)CCC(NCc2ccc(O)cc2)CC1. The predicted molar refractivity (Wildman–Crippen MR) is 66.6 cm³/mol. The van der Waals surface area contributed by atoms with Gasteiger partial charge in [-0.05, 0) is 30.5 Å². The summed E-state index contributed by atoms with van der Waals surface area (Å²) in [7, 11) is -2.78. The summed E-state index contributed by atoms with van der Waals surface area (Å²) in [5, 5.41) is 12.5. The molecule has 0 atom stereocenters. The van der Waals surface area contributed by atoms with Crippen LogP contribution in [0.4, 0.5) is 0 Å². The fourth-order valence-electron chi connectivity index (χ4n) is 1.97. The van der Waals surface area contributed by atoms with E-state index < -0.39 is 9.84 Å². The zero-order valence-electron chi connectivity index (χ0n) is 9.59. The van der Waals surface area contributed by atoms with Crippen LogP contribution in [0.2, 0.25) is 0 Å². The second-order valence-corrected chi connectivity index (χ2v) is 6.78. The summed E-state index contributed by atoms with van der Waals surface area (Å²) in [6.07, 6.45) is 1.39. The third kappa shape index (κ3) is 3.71. The molecule has 0 bridgehead atoms. The van der Waals surface area contributed by atoms with Gasteiger partial charge >= 0.3 is 0 Å². The Morgan fingerprint density at radius 2 is 1.76 bits per heavy atom. The van der Waals surface area contributed by atoms with Crippen molar-refractivity contribution in [3.8, 4) is 5.75 Å². The lowest BCUT2D eigenvalue weighted by Gasteiger charge is -2.23. The highest BCUT2D eigenvalue weighted by atomic mass is 32.2. The maximum Gasteiger partial charge on any atom is 0.150 e. The minimum absolute atomic E-state index is 0.262. The number of phenolic OH excluding ortho intramolecular Hbond substituents is 1. The van der Waals surface area contributed by atoms with Crippen molar-refractivity contribution < 1.29 is 13.5 Å². The molecule has 4 nitrogen and oxygen atoms in total. The van der Waals surface area contributed by atoms with E-state index in [9.17, 15) is 8.42 Å². The summed E-state index contributed by atoms with van der Waals surface area (Å²) in [5.41, 5.74) is 1.09. The normalized spacial score (nSPS) is 20.2. The molecule has 0 aliphatic carbocycles. The van der Waals surface area contributed by atoms with Gasteiger partial charge in [0.1, 0.15) is 15.6 Å². The van der Waals surface area contributed by atoms with Crippen LogP contribution in [0.3, 0.4) is 0 Å². The molecule has 0 unspecified atom stereocenters. The molecule has 5 heteroatoms. The maximum atomic E-state index is 11.3. The van der Waals surface area contributed by atoms with Gasteiger partial charge in [0.15, 0.2) is 0 Å². The predicted octanol–water partition coefficient (Wildman–Crippen LogP) is 1.06. The number of rotatable bonds is 3. The number of hydrogen-bond donors (Lipinski definition) is 2. The smallest absolute Gasteiger partial charge is 0.150 e. The van der Waals surface area contributed by atoms with Crippen molar-refractivity contribution in [1.29, 1.82) is 0 Å². The first-order valence-corrected chi connectivity index (χ1v) is 7.59. The Morgan fingerprint density at radius 3 is 2.35 bits per heavy atom. The standard InChI is InChI=1S/C12H17NO3S/c14-12-3-1-10(2-4-12)9-13-11-5-7-17(15,16)8-6-11/h1-4,11,13-14H,5-9H2. The van der Waals surface area contributed by atoms with Crippen molar-refractivity contribution in [1.82, 2.24) is 5.32 Å². The Balaban J connectivity index is 1.81. The highest BCUT2D eigenvalue weighted by Crippen LogP contribution is 2.14. The molecule has 94 valence electrons. The zero-order chi connectivity index (χ0) is 12.3. The molecule has 0 amide bonds. The average molecular weight is 255 g/mol. The summed E-state index contributed by atoms with van der Waals surface area (Å²) < 4.78 is 22.5. The topological polar surface area (TPSA) is 66.4 Å². The first kappa shape index (κ1) is 12.4. The van der Waals surface area contributed by atoms with Crippen LogP contribution in [0.25, 0.3) is 0 Å². The summed E-state index contributed by atoms with van der Waals surface area (Å²) in [6, 6.07) is 7.32. The van der Waals surface area contributed by atoms with Crippen LogP contribution >= 0.6 is 0 Å². The van der Waals surface area contributed by atoms with Crippen LogP contribution in [-0.2, 0) is 16.4 Å². The maximum absolute atomic E-state index is 11.3. The summed E-state index contributed by atoms with van der Waals surface area (Å²) in [6.45, 7) is 0.713. The molecule has 0 saturated carbocycles. The van der Waals surface area contributed by atoms with Crippen LogP contribution in [0.5, 0.6) is 5.75 Å². The number of sulfone groups is 1. The van der Waals surface area contributed by atoms with Gasteiger partial charge in [0.25, 0.3) is 0 Å². The van der Waals surface area contributed by atoms with E-state index in [1.165, 1.54) is 0 Å². The zero-order valence-corrected chi connectivity index (χ0v) is 10.4. The minimum atomic E-state index is -2.78. The monoisotopic (exact) mass is 255 g/mol. The van der Waals surface area contributed by atoms with Gasteiger partial charge in [-0.3, -0.25) is 0 Å². The van der Waals surface area contributed by atoms with Gasteiger partial charge in [0.2, 0.25) is 0 Å². The summed E-state index contributed by atoms with van der Waals surface area (Å²) in [5.74, 6) is 0.845. The van der Waals surface area contributed by atoms with Crippen molar-refractivity contribution in [3.05, 3.63) is 29.8 Å². The lowest BCUT2D eigenvalue weighted by atomic mass is 10.1. The molecule has 2 N–H and O–H groups in total. The van der Waals surface area contributed by atoms with Crippen LogP contribution in [0, 0.1) is 0 Å². The highest BCUT2D eigenvalue weighted by Gasteiger charge is 2.22. The number of benzene rings is 1. The first-order valence-electron chi connectivity index (χ1n) is 5.77. The van der Waals surface area contributed by atoms with E-state index in [2.05, 4.69) is 5.32 Å². The average Bonchev–Trinajstić information content (AvgIpc) is 2.30. The van der Waals surface area contributed by atoms with Gasteiger partial charge < -0.3 is 10.4 Å². The van der Waals surface area contributed by atoms with Gasteiger partial charge in [-0.25, -0.2) is 8.42 Å². The Bertz CT molecular complexity index is 453. The van der Waals surface area contributed by atoms with E-state index in [0.29, 0.717) is 30.9 Å². The molecule has 1 aliphatic rings. The fourth-order valence-corrected chi connectivity index (χ4v) is 3.46. The molecule has 1 fully saturated rings. The fraction of sp³-hybridized carbons (Fsp3) is 0.500. The molecule has 1 aromatic carbocycles. The highest BCUT2D eigenvalue weighted by molar-refractivity contribution is 7.91. The van der Waals surface area contributed by atoms with E-state index in [-0.39, 0.29) is 11.8 Å². The van der Waals surface area contributed by atoms with Gasteiger partial charge in [0, 0.05) is 12.6 Å². The number of nitrogens with one attached hydrogen (secondary N) is 1. The Morgan fingerprint density at radius 1 is 1.18 bits per heavy atom. The molecular formula is C12H17NO3S. The van der Waals surface area contributed by atoms with Gasteiger partial charge in [-0.2, -0.15) is 0 Å². The van der Waals surface area contributed by atoms with E-state index in [0.717, 1.165) is 5.56 Å². The van der Waals surface area contributed by atoms with Crippen LogP contribution in [0.1, 0.15) is 18.4 Å². The van der Waals surface area contributed by atoms with Gasteiger partial charge in [0.05, 0.1) is 11.5 Å².